The third kappa shape index (κ3) is 4.71. The van der Waals surface area contributed by atoms with E-state index in [4.69, 9.17) is 0 Å². The summed E-state index contributed by atoms with van der Waals surface area (Å²) in [5.41, 5.74) is -0.781. The molecule has 1 aliphatic rings. The lowest BCUT2D eigenvalue weighted by atomic mass is 9.77. The summed E-state index contributed by atoms with van der Waals surface area (Å²) in [6.45, 7) is 5.08. The molecule has 0 aromatic heterocycles. The normalized spacial score (nSPS) is 22.0. The summed E-state index contributed by atoms with van der Waals surface area (Å²) in [6.07, 6.45) is 6.01. The van der Waals surface area contributed by atoms with Crippen molar-refractivity contribution < 1.29 is 17.6 Å². The topological polar surface area (TPSA) is 0 Å². The monoisotopic (exact) mass is 340 g/mol. The van der Waals surface area contributed by atoms with E-state index in [0.717, 1.165) is 44.1 Å². The zero-order chi connectivity index (χ0) is 17.7. The van der Waals surface area contributed by atoms with E-state index < -0.39 is 23.1 Å². The van der Waals surface area contributed by atoms with Crippen LogP contribution in [-0.4, -0.2) is 6.18 Å². The van der Waals surface area contributed by atoms with Gasteiger partial charge in [0.15, 0.2) is 0 Å². The SMILES string of the molecule is C=C(c1ccc(C2CCC(C/C=C\CC)CC2)cc1F)C(F)(F)F. The maximum absolute atomic E-state index is 14.1. The molecule has 0 radical (unpaired) electrons. The maximum Gasteiger partial charge on any atom is 0.416 e. The van der Waals surface area contributed by atoms with Gasteiger partial charge in [0.05, 0.1) is 5.57 Å². The van der Waals surface area contributed by atoms with Gasteiger partial charge in [-0.2, -0.15) is 13.2 Å². The molecule has 0 heterocycles. The first-order valence-electron chi connectivity index (χ1n) is 8.53. The molecule has 0 saturated heterocycles. The summed E-state index contributed by atoms with van der Waals surface area (Å²) < 4.78 is 52.1. The van der Waals surface area contributed by atoms with Gasteiger partial charge in [0, 0.05) is 5.56 Å². The molecule has 1 aliphatic carbocycles. The van der Waals surface area contributed by atoms with Crippen LogP contribution in [0.4, 0.5) is 17.6 Å². The summed E-state index contributed by atoms with van der Waals surface area (Å²) in [5, 5.41) is 0. The van der Waals surface area contributed by atoms with Crippen molar-refractivity contribution in [1.29, 1.82) is 0 Å². The lowest BCUT2D eigenvalue weighted by molar-refractivity contribution is -0.0688. The molecule has 4 heteroatoms. The Kier molecular flexibility index (Phi) is 6.25. The molecule has 132 valence electrons. The third-order valence-corrected chi connectivity index (χ3v) is 4.85. The van der Waals surface area contributed by atoms with Gasteiger partial charge < -0.3 is 0 Å². The number of halogens is 4. The average Bonchev–Trinajstić information content (AvgIpc) is 2.54. The maximum atomic E-state index is 14.1. The quantitative estimate of drug-likeness (QED) is 0.398. The van der Waals surface area contributed by atoms with Crippen LogP contribution in [0.25, 0.3) is 5.57 Å². The van der Waals surface area contributed by atoms with E-state index in [9.17, 15) is 17.6 Å². The largest absolute Gasteiger partial charge is 0.416 e. The summed E-state index contributed by atoms with van der Waals surface area (Å²) in [4.78, 5) is 0. The Morgan fingerprint density at radius 2 is 1.83 bits per heavy atom. The van der Waals surface area contributed by atoms with Crippen LogP contribution < -0.4 is 0 Å². The third-order valence-electron chi connectivity index (χ3n) is 4.85. The Bertz CT molecular complexity index is 590. The highest BCUT2D eigenvalue weighted by Crippen LogP contribution is 2.39. The minimum absolute atomic E-state index is 0.235. The van der Waals surface area contributed by atoms with Crippen LogP contribution in [0.15, 0.2) is 36.9 Å². The fraction of sp³-hybridized carbons (Fsp3) is 0.500. The highest BCUT2D eigenvalue weighted by Gasteiger charge is 2.34. The predicted octanol–water partition coefficient (Wildman–Crippen LogP) is 7.03. The van der Waals surface area contributed by atoms with Crippen molar-refractivity contribution in [2.45, 2.75) is 57.5 Å². The molecule has 0 atom stereocenters. The van der Waals surface area contributed by atoms with Crippen LogP contribution >= 0.6 is 0 Å². The summed E-state index contributed by atoms with van der Waals surface area (Å²) in [7, 11) is 0. The molecular weight excluding hydrogens is 316 g/mol. The fourth-order valence-corrected chi connectivity index (χ4v) is 3.37. The van der Waals surface area contributed by atoms with Crippen molar-refractivity contribution in [3.05, 3.63) is 53.9 Å². The Balaban J connectivity index is 2.01. The lowest BCUT2D eigenvalue weighted by Crippen LogP contribution is -2.14. The first-order valence-corrected chi connectivity index (χ1v) is 8.53. The molecule has 1 fully saturated rings. The van der Waals surface area contributed by atoms with E-state index in [1.165, 1.54) is 12.1 Å². The molecular formula is C20H24F4. The van der Waals surface area contributed by atoms with Crippen LogP contribution in [0.5, 0.6) is 0 Å². The number of benzene rings is 1. The van der Waals surface area contributed by atoms with Gasteiger partial charge in [0.25, 0.3) is 0 Å². The smallest absolute Gasteiger partial charge is 0.206 e. The van der Waals surface area contributed by atoms with E-state index in [0.29, 0.717) is 5.92 Å². The molecule has 0 nitrogen and oxygen atoms in total. The standard InChI is InChI=1S/C20H24F4/c1-3-4-5-6-15-7-9-16(10-8-15)17-11-12-18(19(21)13-17)14(2)20(22,23)24/h4-5,11-13,15-16H,2-3,6-10H2,1H3/b5-4-. The minimum atomic E-state index is -4.60. The van der Waals surface area contributed by atoms with Gasteiger partial charge in [-0.1, -0.05) is 37.8 Å². The second kappa shape index (κ2) is 8.00. The van der Waals surface area contributed by atoms with Crippen LogP contribution in [0.1, 0.15) is 62.5 Å². The number of rotatable bonds is 5. The van der Waals surface area contributed by atoms with Crippen LogP contribution in [-0.2, 0) is 0 Å². The van der Waals surface area contributed by atoms with Gasteiger partial charge in [-0.15, -0.1) is 0 Å². The second-order valence-electron chi connectivity index (χ2n) is 6.55. The Morgan fingerprint density at radius 3 is 2.38 bits per heavy atom. The van der Waals surface area contributed by atoms with Crippen LogP contribution in [0.3, 0.4) is 0 Å². The lowest BCUT2D eigenvalue weighted by Gasteiger charge is -2.28. The molecule has 24 heavy (non-hydrogen) atoms. The van der Waals surface area contributed by atoms with Crippen molar-refractivity contribution in [2.24, 2.45) is 5.92 Å². The molecule has 1 aromatic carbocycles. The molecule has 1 aromatic rings. The van der Waals surface area contributed by atoms with Crippen LogP contribution in [0.2, 0.25) is 0 Å². The van der Waals surface area contributed by atoms with E-state index in [-0.39, 0.29) is 5.92 Å². The number of hydrogen-bond donors (Lipinski definition) is 0. The molecule has 1 saturated carbocycles. The number of allylic oxidation sites excluding steroid dienone is 3. The molecule has 0 spiro atoms. The zero-order valence-corrected chi connectivity index (χ0v) is 14.0. The molecule has 0 N–H and O–H groups in total. The molecule has 2 rings (SSSR count). The van der Waals surface area contributed by atoms with Gasteiger partial charge in [-0.3, -0.25) is 0 Å². The van der Waals surface area contributed by atoms with E-state index in [2.05, 4.69) is 25.7 Å². The first kappa shape index (κ1) is 18.8. The molecule has 0 unspecified atom stereocenters. The minimum Gasteiger partial charge on any atom is -0.206 e. The van der Waals surface area contributed by atoms with Gasteiger partial charge in [0.2, 0.25) is 0 Å². The van der Waals surface area contributed by atoms with Crippen molar-refractivity contribution in [1.82, 2.24) is 0 Å². The van der Waals surface area contributed by atoms with Gasteiger partial charge in [0.1, 0.15) is 5.82 Å². The number of alkyl halides is 3. The van der Waals surface area contributed by atoms with E-state index >= 15 is 0 Å². The molecule has 0 aliphatic heterocycles. The van der Waals surface area contributed by atoms with Gasteiger partial charge >= 0.3 is 6.18 Å². The Hall–Kier alpha value is -1.58. The Morgan fingerprint density at radius 1 is 1.17 bits per heavy atom. The van der Waals surface area contributed by atoms with Gasteiger partial charge in [-0.25, -0.2) is 4.39 Å². The summed E-state index contributed by atoms with van der Waals surface area (Å²) >= 11 is 0. The van der Waals surface area contributed by atoms with Crippen molar-refractivity contribution in [3.8, 4) is 0 Å². The summed E-state index contributed by atoms with van der Waals surface area (Å²) in [6, 6.07) is 4.10. The Labute approximate surface area is 141 Å². The van der Waals surface area contributed by atoms with Crippen molar-refractivity contribution in [2.75, 3.05) is 0 Å². The van der Waals surface area contributed by atoms with E-state index in [1.807, 2.05) is 0 Å². The highest BCUT2D eigenvalue weighted by molar-refractivity contribution is 5.68. The predicted molar refractivity (Wildman–Crippen MR) is 90.2 cm³/mol. The highest BCUT2D eigenvalue weighted by atomic mass is 19.4. The fourth-order valence-electron chi connectivity index (χ4n) is 3.37. The molecule has 0 amide bonds. The van der Waals surface area contributed by atoms with Gasteiger partial charge in [-0.05, 0) is 62.0 Å². The summed E-state index contributed by atoms with van der Waals surface area (Å²) in [5.74, 6) is 0.0695. The first-order chi connectivity index (χ1) is 11.3. The average molecular weight is 340 g/mol. The molecule has 0 bridgehead atoms. The second-order valence-corrected chi connectivity index (χ2v) is 6.55. The van der Waals surface area contributed by atoms with Crippen molar-refractivity contribution in [3.63, 3.8) is 0 Å². The van der Waals surface area contributed by atoms with Crippen molar-refractivity contribution >= 4 is 5.57 Å². The van der Waals surface area contributed by atoms with E-state index in [1.54, 1.807) is 6.07 Å². The van der Waals surface area contributed by atoms with Crippen LogP contribution in [0, 0.1) is 11.7 Å². The zero-order valence-electron chi connectivity index (χ0n) is 14.0. The number of hydrogen-bond acceptors (Lipinski definition) is 0.